The molecule has 1 aliphatic heterocycles. The van der Waals surface area contributed by atoms with E-state index in [4.69, 9.17) is 0 Å². The first-order valence-corrected chi connectivity index (χ1v) is 10.9. The molecule has 150 valence electrons. The highest BCUT2D eigenvalue weighted by atomic mass is 32.1. The molecule has 0 saturated carbocycles. The number of hydrogen-bond donors (Lipinski definition) is 1. The number of nitrogens with zero attached hydrogens (tertiary/aromatic N) is 2. The van der Waals surface area contributed by atoms with Crippen molar-refractivity contribution in [1.29, 1.82) is 0 Å². The molecule has 2 heterocycles. The number of thiophene rings is 1. The number of rotatable bonds is 7. The Morgan fingerprint density at radius 3 is 2.61 bits per heavy atom. The van der Waals surface area contributed by atoms with Crippen LogP contribution in [-0.2, 0) is 16.0 Å². The van der Waals surface area contributed by atoms with E-state index in [0.29, 0.717) is 19.0 Å². The maximum absolute atomic E-state index is 12.8. The Balaban J connectivity index is 1.62. The van der Waals surface area contributed by atoms with Crippen molar-refractivity contribution in [2.24, 2.45) is 0 Å². The second kappa shape index (κ2) is 9.24. The third-order valence-corrected chi connectivity index (χ3v) is 6.09. The fourth-order valence-electron chi connectivity index (χ4n) is 3.81. The van der Waals surface area contributed by atoms with Crippen molar-refractivity contribution in [3.8, 4) is 0 Å². The van der Waals surface area contributed by atoms with Crippen LogP contribution in [0.5, 0.6) is 0 Å². The molecule has 28 heavy (non-hydrogen) atoms. The maximum Gasteiger partial charge on any atom is 0.247 e. The van der Waals surface area contributed by atoms with Crippen LogP contribution in [0.3, 0.4) is 0 Å². The van der Waals surface area contributed by atoms with E-state index in [1.54, 1.807) is 16.2 Å². The molecule has 0 radical (unpaired) electrons. The van der Waals surface area contributed by atoms with Crippen LogP contribution in [-0.4, -0.2) is 41.9 Å². The fraction of sp³-hybridized carbons (Fsp3) is 0.455. The minimum absolute atomic E-state index is 0.0333. The zero-order valence-electron chi connectivity index (χ0n) is 16.9. The summed E-state index contributed by atoms with van der Waals surface area (Å²) in [6.45, 7) is 8.06. The molecule has 0 spiro atoms. The first-order chi connectivity index (χ1) is 13.5. The minimum atomic E-state index is -0.380. The fourth-order valence-corrected chi connectivity index (χ4v) is 4.51. The summed E-state index contributed by atoms with van der Waals surface area (Å²) in [5, 5.41) is 4.96. The molecule has 6 heteroatoms. The van der Waals surface area contributed by atoms with Crippen LogP contribution in [0.15, 0.2) is 41.8 Å². The summed E-state index contributed by atoms with van der Waals surface area (Å²) in [5.74, 6) is -0.0630. The Morgan fingerprint density at radius 2 is 2.00 bits per heavy atom. The van der Waals surface area contributed by atoms with Crippen molar-refractivity contribution >= 4 is 34.5 Å². The first-order valence-electron chi connectivity index (χ1n) is 9.99. The normalized spacial score (nSPS) is 16.4. The van der Waals surface area contributed by atoms with Crippen molar-refractivity contribution < 1.29 is 9.59 Å². The molecule has 5 nitrogen and oxygen atoms in total. The highest BCUT2D eigenvalue weighted by Crippen LogP contribution is 2.23. The monoisotopic (exact) mass is 399 g/mol. The lowest BCUT2D eigenvalue weighted by molar-refractivity contribution is -0.136. The van der Waals surface area contributed by atoms with E-state index in [2.05, 4.69) is 31.0 Å². The van der Waals surface area contributed by atoms with Crippen molar-refractivity contribution in [1.82, 2.24) is 4.90 Å². The molecule has 0 aliphatic carbocycles. The van der Waals surface area contributed by atoms with Crippen LogP contribution in [0.4, 0.5) is 11.4 Å². The Kier molecular flexibility index (Phi) is 6.73. The van der Waals surface area contributed by atoms with E-state index >= 15 is 0 Å². The molecule has 1 aliphatic rings. The molecule has 3 rings (SSSR count). The quantitative estimate of drug-likeness (QED) is 0.761. The molecule has 2 aromatic rings. The summed E-state index contributed by atoms with van der Waals surface area (Å²) in [6, 6.07) is 11.9. The van der Waals surface area contributed by atoms with Crippen LogP contribution in [0.1, 0.15) is 38.5 Å². The molecule has 1 unspecified atom stereocenters. The van der Waals surface area contributed by atoms with Crippen LogP contribution in [0.25, 0.3) is 0 Å². The van der Waals surface area contributed by atoms with Gasteiger partial charge in [-0.2, -0.15) is 0 Å². The lowest BCUT2D eigenvalue weighted by Gasteiger charge is -2.28. The van der Waals surface area contributed by atoms with Gasteiger partial charge in [0.25, 0.3) is 0 Å². The van der Waals surface area contributed by atoms with Gasteiger partial charge in [-0.3, -0.25) is 9.59 Å². The van der Waals surface area contributed by atoms with Crippen molar-refractivity contribution in [2.75, 3.05) is 23.3 Å². The van der Waals surface area contributed by atoms with Gasteiger partial charge in [0.2, 0.25) is 11.8 Å². The number of benzene rings is 1. The number of carbonyl (C=O) groups excluding carboxylic acids is 2. The lowest BCUT2D eigenvalue weighted by atomic mass is 10.1. The van der Waals surface area contributed by atoms with Crippen LogP contribution >= 0.6 is 11.3 Å². The number of amides is 2. The smallest absolute Gasteiger partial charge is 0.247 e. The second-order valence-corrected chi connectivity index (χ2v) is 8.45. The van der Waals surface area contributed by atoms with Gasteiger partial charge < -0.3 is 15.1 Å². The van der Waals surface area contributed by atoms with Crippen molar-refractivity contribution in [3.63, 3.8) is 0 Å². The summed E-state index contributed by atoms with van der Waals surface area (Å²) in [4.78, 5) is 30.5. The molecule has 1 aromatic carbocycles. The SMILES string of the molecule is CCN(c1ccc(NC(=O)C2CCCN2C(=O)Cc2cccs2)cc1)C(C)C. The molecular weight excluding hydrogens is 370 g/mol. The Morgan fingerprint density at radius 1 is 1.25 bits per heavy atom. The van der Waals surface area contributed by atoms with Gasteiger partial charge in [0.1, 0.15) is 6.04 Å². The minimum Gasteiger partial charge on any atom is -0.369 e. The zero-order valence-corrected chi connectivity index (χ0v) is 17.7. The molecule has 1 saturated heterocycles. The van der Waals surface area contributed by atoms with Gasteiger partial charge in [-0.05, 0) is 69.3 Å². The average molecular weight is 400 g/mol. The molecule has 1 atom stereocenters. The molecule has 1 aromatic heterocycles. The van der Waals surface area contributed by atoms with Crippen LogP contribution in [0, 0.1) is 0 Å². The summed E-state index contributed by atoms with van der Waals surface area (Å²) in [7, 11) is 0. The van der Waals surface area contributed by atoms with Gasteiger partial charge in [0.15, 0.2) is 0 Å². The van der Waals surface area contributed by atoms with E-state index in [1.165, 1.54) is 0 Å². The highest BCUT2D eigenvalue weighted by Gasteiger charge is 2.34. The third-order valence-electron chi connectivity index (χ3n) is 5.21. The van der Waals surface area contributed by atoms with Crippen LogP contribution in [0.2, 0.25) is 0 Å². The lowest BCUT2D eigenvalue weighted by Crippen LogP contribution is -2.43. The summed E-state index contributed by atoms with van der Waals surface area (Å²) in [6.07, 6.45) is 1.96. The average Bonchev–Trinajstić information content (AvgIpc) is 3.35. The van der Waals surface area contributed by atoms with Gasteiger partial charge >= 0.3 is 0 Å². The second-order valence-electron chi connectivity index (χ2n) is 7.42. The predicted octanol–water partition coefficient (Wildman–Crippen LogP) is 4.16. The number of likely N-dealkylation sites (tertiary alicyclic amines) is 1. The highest BCUT2D eigenvalue weighted by molar-refractivity contribution is 7.10. The first kappa shape index (κ1) is 20.4. The van der Waals surface area contributed by atoms with E-state index in [9.17, 15) is 9.59 Å². The number of carbonyl (C=O) groups is 2. The summed E-state index contributed by atoms with van der Waals surface area (Å²) in [5.41, 5.74) is 1.91. The summed E-state index contributed by atoms with van der Waals surface area (Å²) < 4.78 is 0. The van der Waals surface area contributed by atoms with E-state index in [1.807, 2.05) is 41.8 Å². The zero-order chi connectivity index (χ0) is 20.1. The molecule has 1 N–H and O–H groups in total. The van der Waals surface area contributed by atoms with Gasteiger partial charge in [-0.1, -0.05) is 6.07 Å². The van der Waals surface area contributed by atoms with E-state index < -0.39 is 0 Å². The number of hydrogen-bond acceptors (Lipinski definition) is 4. The standard InChI is InChI=1S/C22H29N3O2S/c1-4-24(16(2)3)18-11-9-17(10-12-18)23-22(27)20-8-5-13-25(20)21(26)15-19-7-6-14-28-19/h6-7,9-12,14,16,20H,4-5,8,13,15H2,1-3H3,(H,23,27). The Hall–Kier alpha value is -2.34. The molecular formula is C22H29N3O2S. The van der Waals surface area contributed by atoms with Crippen LogP contribution < -0.4 is 10.2 Å². The third kappa shape index (κ3) is 4.73. The van der Waals surface area contributed by atoms with Crippen molar-refractivity contribution in [3.05, 3.63) is 46.7 Å². The van der Waals surface area contributed by atoms with Gasteiger partial charge in [-0.15, -0.1) is 11.3 Å². The topological polar surface area (TPSA) is 52.7 Å². The largest absolute Gasteiger partial charge is 0.369 e. The maximum atomic E-state index is 12.8. The predicted molar refractivity (Wildman–Crippen MR) is 116 cm³/mol. The number of nitrogens with one attached hydrogen (secondary N) is 1. The van der Waals surface area contributed by atoms with E-state index in [-0.39, 0.29) is 17.9 Å². The Labute approximate surface area is 171 Å². The Bertz CT molecular complexity index is 787. The van der Waals surface area contributed by atoms with Crippen molar-refractivity contribution in [2.45, 2.75) is 52.1 Å². The summed E-state index contributed by atoms with van der Waals surface area (Å²) >= 11 is 1.58. The van der Waals surface area contributed by atoms with E-state index in [0.717, 1.165) is 35.6 Å². The molecule has 1 fully saturated rings. The van der Waals surface area contributed by atoms with Gasteiger partial charge in [0.05, 0.1) is 6.42 Å². The number of anilines is 2. The van der Waals surface area contributed by atoms with Gasteiger partial charge in [0, 0.05) is 35.4 Å². The van der Waals surface area contributed by atoms with Gasteiger partial charge in [-0.25, -0.2) is 0 Å². The molecule has 0 bridgehead atoms. The molecule has 2 amide bonds.